The van der Waals surface area contributed by atoms with Gasteiger partial charge in [0.1, 0.15) is 12.1 Å². The first-order valence-electron chi connectivity index (χ1n) is 9.12. The van der Waals surface area contributed by atoms with Crippen LogP contribution in [0.5, 0.6) is 0 Å². The average Bonchev–Trinajstić information content (AvgIpc) is 3.20. The second kappa shape index (κ2) is 7.63. The van der Waals surface area contributed by atoms with Crippen molar-refractivity contribution in [1.29, 1.82) is 0 Å². The fourth-order valence-electron chi connectivity index (χ4n) is 3.45. The average molecular weight is 380 g/mol. The van der Waals surface area contributed by atoms with E-state index in [1.165, 1.54) is 0 Å². The first-order chi connectivity index (χ1) is 13.6. The van der Waals surface area contributed by atoms with E-state index in [1.807, 2.05) is 18.2 Å². The van der Waals surface area contributed by atoms with Gasteiger partial charge >= 0.3 is 5.97 Å². The second-order valence-electron chi connectivity index (χ2n) is 6.78. The van der Waals surface area contributed by atoms with Crippen LogP contribution in [-0.2, 0) is 9.59 Å². The van der Waals surface area contributed by atoms with Crippen LogP contribution in [0.1, 0.15) is 24.4 Å². The van der Waals surface area contributed by atoms with E-state index in [0.29, 0.717) is 37.1 Å². The van der Waals surface area contributed by atoms with Crippen LogP contribution in [-0.4, -0.2) is 49.9 Å². The molecule has 1 fully saturated rings. The lowest BCUT2D eigenvalue weighted by Crippen LogP contribution is -2.43. The standard InChI is InChI=1S/C19H20N6O3/c26-18(21-17(19(27)28)13-4-2-1-3-5-13)14-8-10-24(11-9-14)16-7-6-15-22-20-12-25(15)23-16/h1-7,12,14,17H,8-11H2,(H,21,26)(H,27,28)/t17-/m0/s1. The third-order valence-electron chi connectivity index (χ3n) is 5.00. The lowest BCUT2D eigenvalue weighted by Gasteiger charge is -2.32. The monoisotopic (exact) mass is 380 g/mol. The number of nitrogens with one attached hydrogen (secondary N) is 1. The summed E-state index contributed by atoms with van der Waals surface area (Å²) in [6.45, 7) is 1.34. The fourth-order valence-corrected chi connectivity index (χ4v) is 3.45. The zero-order chi connectivity index (χ0) is 19.5. The van der Waals surface area contributed by atoms with Crippen LogP contribution in [0.4, 0.5) is 5.82 Å². The van der Waals surface area contributed by atoms with Crippen molar-refractivity contribution in [2.24, 2.45) is 5.92 Å². The van der Waals surface area contributed by atoms with Crippen molar-refractivity contribution < 1.29 is 14.7 Å². The molecule has 1 saturated heterocycles. The van der Waals surface area contributed by atoms with E-state index in [9.17, 15) is 14.7 Å². The van der Waals surface area contributed by atoms with Crippen LogP contribution >= 0.6 is 0 Å². The van der Waals surface area contributed by atoms with Gasteiger partial charge in [-0.3, -0.25) is 4.79 Å². The minimum Gasteiger partial charge on any atom is -0.479 e. The van der Waals surface area contributed by atoms with Crippen LogP contribution in [0, 0.1) is 5.92 Å². The number of piperidine rings is 1. The Morgan fingerprint density at radius 2 is 1.86 bits per heavy atom. The van der Waals surface area contributed by atoms with Crippen molar-refractivity contribution in [3.8, 4) is 0 Å². The maximum atomic E-state index is 12.6. The van der Waals surface area contributed by atoms with E-state index < -0.39 is 12.0 Å². The van der Waals surface area contributed by atoms with Crippen molar-refractivity contribution in [2.75, 3.05) is 18.0 Å². The summed E-state index contributed by atoms with van der Waals surface area (Å²) in [5.41, 5.74) is 1.24. The summed E-state index contributed by atoms with van der Waals surface area (Å²) in [5.74, 6) is -0.708. The Morgan fingerprint density at radius 1 is 1.11 bits per heavy atom. The molecule has 1 amide bonds. The molecule has 0 bridgehead atoms. The molecule has 2 aromatic heterocycles. The molecule has 3 aromatic rings. The van der Waals surface area contributed by atoms with Gasteiger partial charge in [-0.2, -0.15) is 4.52 Å². The summed E-state index contributed by atoms with van der Waals surface area (Å²) < 4.78 is 1.62. The summed E-state index contributed by atoms with van der Waals surface area (Å²) in [4.78, 5) is 26.3. The largest absolute Gasteiger partial charge is 0.479 e. The normalized spacial score (nSPS) is 16.1. The number of rotatable bonds is 5. The van der Waals surface area contributed by atoms with Gasteiger partial charge in [-0.05, 0) is 30.5 Å². The Labute approximate surface area is 161 Å². The number of amides is 1. The predicted molar refractivity (Wildman–Crippen MR) is 101 cm³/mol. The molecule has 4 rings (SSSR count). The zero-order valence-corrected chi connectivity index (χ0v) is 15.1. The third kappa shape index (κ3) is 3.64. The summed E-state index contributed by atoms with van der Waals surface area (Å²) in [6.07, 6.45) is 2.82. The van der Waals surface area contributed by atoms with Gasteiger partial charge in [0, 0.05) is 19.0 Å². The number of aliphatic carboxylic acids is 1. The number of nitrogens with zero attached hydrogens (tertiary/aromatic N) is 5. The maximum absolute atomic E-state index is 12.6. The molecule has 0 unspecified atom stereocenters. The highest BCUT2D eigenvalue weighted by atomic mass is 16.4. The Kier molecular flexibility index (Phi) is 4.88. The number of carbonyl (C=O) groups excluding carboxylic acids is 1. The van der Waals surface area contributed by atoms with E-state index in [2.05, 4.69) is 25.5 Å². The molecule has 0 radical (unpaired) electrons. The number of hydrogen-bond donors (Lipinski definition) is 2. The lowest BCUT2D eigenvalue weighted by atomic mass is 9.95. The number of carboxylic acid groups (broad SMARTS) is 1. The first-order valence-corrected chi connectivity index (χ1v) is 9.12. The maximum Gasteiger partial charge on any atom is 0.330 e. The van der Waals surface area contributed by atoms with Gasteiger partial charge in [-0.1, -0.05) is 30.3 Å². The van der Waals surface area contributed by atoms with E-state index in [4.69, 9.17) is 0 Å². The molecule has 2 N–H and O–H groups in total. The van der Waals surface area contributed by atoms with Crippen LogP contribution in [0.25, 0.3) is 5.65 Å². The number of carbonyl (C=O) groups is 2. The topological polar surface area (TPSA) is 113 Å². The van der Waals surface area contributed by atoms with Crippen LogP contribution in [0.3, 0.4) is 0 Å². The molecule has 9 heteroatoms. The van der Waals surface area contributed by atoms with E-state index >= 15 is 0 Å². The van der Waals surface area contributed by atoms with Gasteiger partial charge in [0.15, 0.2) is 11.7 Å². The van der Waals surface area contributed by atoms with Crippen LogP contribution in [0.15, 0.2) is 48.8 Å². The summed E-state index contributed by atoms with van der Waals surface area (Å²) in [6, 6.07) is 11.4. The van der Waals surface area contributed by atoms with E-state index in [1.54, 1.807) is 35.1 Å². The number of carboxylic acids is 1. The van der Waals surface area contributed by atoms with Crippen molar-refractivity contribution >= 4 is 23.3 Å². The lowest BCUT2D eigenvalue weighted by molar-refractivity contribution is -0.142. The van der Waals surface area contributed by atoms with Gasteiger partial charge in [-0.25, -0.2) is 4.79 Å². The smallest absolute Gasteiger partial charge is 0.330 e. The van der Waals surface area contributed by atoms with Gasteiger partial charge in [-0.15, -0.1) is 15.3 Å². The molecule has 28 heavy (non-hydrogen) atoms. The van der Waals surface area contributed by atoms with Gasteiger partial charge in [0.2, 0.25) is 5.91 Å². The summed E-state index contributed by atoms with van der Waals surface area (Å²) in [5, 5.41) is 24.4. The Balaban J connectivity index is 1.38. The van der Waals surface area contributed by atoms with Crippen molar-refractivity contribution in [3.05, 3.63) is 54.4 Å². The van der Waals surface area contributed by atoms with Gasteiger partial charge in [0.25, 0.3) is 0 Å². The number of hydrogen-bond acceptors (Lipinski definition) is 6. The second-order valence-corrected chi connectivity index (χ2v) is 6.78. The predicted octanol–water partition coefficient (Wildman–Crippen LogP) is 1.28. The molecule has 0 saturated carbocycles. The molecule has 9 nitrogen and oxygen atoms in total. The molecule has 144 valence electrons. The van der Waals surface area contributed by atoms with Gasteiger partial charge in [0.05, 0.1) is 0 Å². The molecule has 1 aromatic carbocycles. The molecule has 0 spiro atoms. The van der Waals surface area contributed by atoms with Crippen LogP contribution < -0.4 is 10.2 Å². The Hall–Kier alpha value is -3.49. The highest BCUT2D eigenvalue weighted by Crippen LogP contribution is 2.23. The molecule has 1 aliphatic heterocycles. The number of aromatic nitrogens is 4. The Morgan fingerprint density at radius 3 is 2.57 bits per heavy atom. The molecule has 0 aliphatic carbocycles. The molecule has 1 atom stereocenters. The fraction of sp³-hybridized carbons (Fsp3) is 0.316. The van der Waals surface area contributed by atoms with E-state index in [0.717, 1.165) is 5.82 Å². The number of anilines is 1. The summed E-state index contributed by atoms with van der Waals surface area (Å²) >= 11 is 0. The highest BCUT2D eigenvalue weighted by Gasteiger charge is 2.29. The minimum absolute atomic E-state index is 0.222. The Bertz CT molecular complexity index is 982. The highest BCUT2D eigenvalue weighted by molar-refractivity contribution is 5.86. The SMILES string of the molecule is O=C(N[C@H](C(=O)O)c1ccccc1)C1CCN(c2ccc3nncn3n2)CC1. The van der Waals surface area contributed by atoms with Gasteiger partial charge < -0.3 is 15.3 Å². The number of fused-ring (bicyclic) bond motifs is 1. The number of benzene rings is 1. The summed E-state index contributed by atoms with van der Waals surface area (Å²) in [7, 11) is 0. The molecule has 1 aliphatic rings. The first kappa shape index (κ1) is 17.9. The third-order valence-corrected chi connectivity index (χ3v) is 5.00. The quantitative estimate of drug-likeness (QED) is 0.686. The molecule has 3 heterocycles. The van der Waals surface area contributed by atoms with E-state index in [-0.39, 0.29) is 11.8 Å². The molecular formula is C19H20N6O3. The minimum atomic E-state index is -1.07. The molecular weight excluding hydrogens is 360 g/mol. The zero-order valence-electron chi connectivity index (χ0n) is 15.1. The van der Waals surface area contributed by atoms with Crippen molar-refractivity contribution in [1.82, 2.24) is 25.1 Å². The van der Waals surface area contributed by atoms with Crippen molar-refractivity contribution in [2.45, 2.75) is 18.9 Å². The van der Waals surface area contributed by atoms with Crippen molar-refractivity contribution in [3.63, 3.8) is 0 Å². The van der Waals surface area contributed by atoms with Crippen LogP contribution in [0.2, 0.25) is 0 Å².